The molecular formula is C17H20N4O4. The van der Waals surface area contributed by atoms with E-state index in [4.69, 9.17) is 6.11 Å². The Balaban J connectivity index is 2.06. The first-order valence-electron chi connectivity index (χ1n) is 8.44. The van der Waals surface area contributed by atoms with Crippen LogP contribution in [0.2, 0.25) is 0 Å². The van der Waals surface area contributed by atoms with Crippen LogP contribution in [-0.4, -0.2) is 59.3 Å². The molecule has 0 aliphatic carbocycles. The van der Waals surface area contributed by atoms with Gasteiger partial charge in [-0.05, 0) is 25.5 Å². The van der Waals surface area contributed by atoms with Crippen molar-refractivity contribution < 1.29 is 21.4 Å². The van der Waals surface area contributed by atoms with Gasteiger partial charge in [0.05, 0.1) is 12.0 Å². The van der Waals surface area contributed by atoms with Crippen LogP contribution in [0.25, 0.3) is 28.6 Å². The van der Waals surface area contributed by atoms with E-state index >= 15 is 0 Å². The number of hydrogen-bond acceptors (Lipinski definition) is 6. The highest BCUT2D eigenvalue weighted by Crippen LogP contribution is 2.41. The zero-order valence-electron chi connectivity index (χ0n) is 14.9. The van der Waals surface area contributed by atoms with E-state index in [1.165, 1.54) is 6.92 Å². The van der Waals surface area contributed by atoms with Crippen LogP contribution in [0, 0.1) is 6.92 Å². The Morgan fingerprint density at radius 1 is 1.52 bits per heavy atom. The van der Waals surface area contributed by atoms with E-state index in [2.05, 4.69) is 21.5 Å². The lowest BCUT2D eigenvalue weighted by molar-refractivity contribution is -0.0947. The quantitative estimate of drug-likeness (QED) is 0.515. The van der Waals surface area contributed by atoms with Gasteiger partial charge in [0, 0.05) is 16.9 Å². The monoisotopic (exact) mass is 346 g/mol. The van der Waals surface area contributed by atoms with Crippen LogP contribution in [0.15, 0.2) is 18.6 Å². The van der Waals surface area contributed by atoms with Crippen LogP contribution in [0.3, 0.4) is 0 Å². The zero-order valence-corrected chi connectivity index (χ0v) is 13.9. The number of H-pyrrole nitrogens is 1. The van der Waals surface area contributed by atoms with Gasteiger partial charge in [0.15, 0.2) is 6.23 Å². The van der Waals surface area contributed by atoms with Gasteiger partial charge in [-0.1, -0.05) is 6.58 Å². The summed E-state index contributed by atoms with van der Waals surface area (Å²) in [4.78, 5) is 11.4. The van der Waals surface area contributed by atoms with Gasteiger partial charge < -0.3 is 29.6 Å². The van der Waals surface area contributed by atoms with Crippen LogP contribution in [-0.2, 0) is 4.74 Å². The fourth-order valence-electron chi connectivity index (χ4n) is 3.53. The Labute approximate surface area is 144 Å². The van der Waals surface area contributed by atoms with E-state index < -0.39 is 30.6 Å². The molecule has 0 aromatic carbocycles. The fraction of sp³-hybridized carbons (Fsp3) is 0.412. The molecule has 3 aromatic heterocycles. The summed E-state index contributed by atoms with van der Waals surface area (Å²) in [7, 11) is 0. The molecule has 1 aliphatic rings. The summed E-state index contributed by atoms with van der Waals surface area (Å²) in [6.07, 6.45) is -1.62. The van der Waals surface area contributed by atoms with Crippen molar-refractivity contribution in [3.8, 4) is 0 Å². The van der Waals surface area contributed by atoms with Crippen molar-refractivity contribution in [3.63, 3.8) is 0 Å². The molecule has 0 saturated carbocycles. The summed E-state index contributed by atoms with van der Waals surface area (Å²) < 4.78 is 15.2. The van der Waals surface area contributed by atoms with Gasteiger partial charge >= 0.3 is 0 Å². The summed E-state index contributed by atoms with van der Waals surface area (Å²) in [5, 5.41) is 32.6. The summed E-state index contributed by atoms with van der Waals surface area (Å²) >= 11 is 0. The SMILES string of the molecule is [3H]c1nc2[nH]c(=C)cc(C)c3cn([C@@H]4O[C@H](CO)[C@@H](O)[C@@]4(C)O)c(n1)c23. The van der Waals surface area contributed by atoms with E-state index in [1.807, 2.05) is 13.0 Å². The number of nitrogens with zero attached hydrogens (tertiary/aromatic N) is 3. The molecular weight excluding hydrogens is 324 g/mol. The van der Waals surface area contributed by atoms with E-state index in [1.54, 1.807) is 10.8 Å². The van der Waals surface area contributed by atoms with Crippen LogP contribution in [0.4, 0.5) is 0 Å². The molecule has 4 heterocycles. The molecule has 1 fully saturated rings. The second kappa shape index (κ2) is 5.37. The normalized spacial score (nSPS) is 30.3. The Morgan fingerprint density at radius 3 is 2.96 bits per heavy atom. The molecule has 4 rings (SSSR count). The van der Waals surface area contributed by atoms with Crippen molar-refractivity contribution in [2.75, 3.05) is 6.61 Å². The number of aryl methyl sites for hydroxylation is 1. The third kappa shape index (κ3) is 2.22. The minimum atomic E-state index is -1.65. The zero-order chi connectivity index (χ0) is 18.8. The van der Waals surface area contributed by atoms with E-state index in [9.17, 15) is 15.3 Å². The first kappa shape index (κ1) is 15.0. The maximum atomic E-state index is 10.8. The molecule has 4 atom stereocenters. The molecule has 0 bridgehead atoms. The molecule has 8 heteroatoms. The number of ether oxygens (including phenoxy) is 1. The van der Waals surface area contributed by atoms with Crippen molar-refractivity contribution in [2.24, 2.45) is 0 Å². The number of hydrogen-bond donors (Lipinski definition) is 4. The molecule has 3 aromatic rings. The summed E-state index contributed by atoms with van der Waals surface area (Å²) in [5.41, 5.74) is 0.0934. The number of aliphatic hydroxyl groups excluding tert-OH is 2. The van der Waals surface area contributed by atoms with Crippen molar-refractivity contribution >= 4 is 28.6 Å². The first-order valence-corrected chi connectivity index (χ1v) is 7.94. The highest BCUT2D eigenvalue weighted by molar-refractivity contribution is 6.05. The number of nitrogens with one attached hydrogen (secondary N) is 1. The van der Waals surface area contributed by atoms with Crippen LogP contribution in [0.1, 0.15) is 20.1 Å². The van der Waals surface area contributed by atoms with Gasteiger partial charge in [0.2, 0.25) is 0 Å². The number of aromatic nitrogens is 4. The number of rotatable bonds is 2. The first-order chi connectivity index (χ1) is 12.2. The Bertz CT molecular complexity index is 1070. The highest BCUT2D eigenvalue weighted by Gasteiger charge is 2.53. The minimum Gasteiger partial charge on any atom is -0.394 e. The van der Waals surface area contributed by atoms with Crippen molar-refractivity contribution in [1.82, 2.24) is 19.5 Å². The fourth-order valence-corrected chi connectivity index (χ4v) is 3.53. The predicted molar refractivity (Wildman–Crippen MR) is 91.3 cm³/mol. The lowest BCUT2D eigenvalue weighted by Crippen LogP contribution is -2.44. The molecule has 0 unspecified atom stereocenters. The van der Waals surface area contributed by atoms with Crippen molar-refractivity contribution in [3.05, 3.63) is 29.5 Å². The third-order valence-electron chi connectivity index (χ3n) is 4.84. The van der Waals surface area contributed by atoms with Gasteiger partial charge in [-0.2, -0.15) is 0 Å². The smallest absolute Gasteiger partial charge is 0.167 e. The average molecular weight is 346 g/mol. The van der Waals surface area contributed by atoms with E-state index in [0.29, 0.717) is 22.0 Å². The maximum absolute atomic E-state index is 10.8. The van der Waals surface area contributed by atoms with Gasteiger partial charge in [0.1, 0.15) is 36.8 Å². The molecule has 4 N–H and O–H groups in total. The third-order valence-corrected chi connectivity index (χ3v) is 4.84. The van der Waals surface area contributed by atoms with Gasteiger partial charge in [0.25, 0.3) is 0 Å². The number of aliphatic hydroxyl groups is 3. The van der Waals surface area contributed by atoms with Crippen molar-refractivity contribution in [1.29, 1.82) is 0 Å². The summed E-state index contributed by atoms with van der Waals surface area (Å²) in [6.45, 7) is 6.85. The Morgan fingerprint density at radius 2 is 2.28 bits per heavy atom. The second-order valence-electron chi connectivity index (χ2n) is 6.68. The van der Waals surface area contributed by atoms with E-state index in [-0.39, 0.29) is 6.30 Å². The van der Waals surface area contributed by atoms with Crippen LogP contribution in [0.5, 0.6) is 0 Å². The Hall–Kier alpha value is -2.26. The molecule has 1 aliphatic heterocycles. The van der Waals surface area contributed by atoms with Gasteiger partial charge in [-0.3, -0.25) is 0 Å². The molecule has 0 radical (unpaired) electrons. The predicted octanol–water partition coefficient (Wildman–Crippen LogP) is -0.0860. The van der Waals surface area contributed by atoms with Crippen molar-refractivity contribution in [2.45, 2.75) is 37.9 Å². The minimum absolute atomic E-state index is 0.199. The molecule has 132 valence electrons. The van der Waals surface area contributed by atoms with Gasteiger partial charge in [-0.25, -0.2) is 9.97 Å². The molecule has 25 heavy (non-hydrogen) atoms. The largest absolute Gasteiger partial charge is 0.394 e. The van der Waals surface area contributed by atoms with E-state index in [0.717, 1.165) is 10.9 Å². The topological polar surface area (TPSA) is 116 Å². The molecule has 0 spiro atoms. The van der Waals surface area contributed by atoms with Crippen LogP contribution < -0.4 is 5.35 Å². The van der Waals surface area contributed by atoms with Crippen LogP contribution >= 0.6 is 0 Å². The second-order valence-corrected chi connectivity index (χ2v) is 6.68. The molecule has 1 saturated heterocycles. The Kier molecular flexibility index (Phi) is 3.23. The average Bonchev–Trinajstić information content (AvgIpc) is 2.99. The lowest BCUT2D eigenvalue weighted by Gasteiger charge is -2.27. The maximum Gasteiger partial charge on any atom is 0.167 e. The summed E-state index contributed by atoms with van der Waals surface area (Å²) in [5.74, 6) is 0. The molecule has 0 amide bonds. The molecule has 8 nitrogen and oxygen atoms in total. The lowest BCUT2D eigenvalue weighted by atomic mass is 9.96. The highest BCUT2D eigenvalue weighted by atomic mass is 16.6. The summed E-state index contributed by atoms with van der Waals surface area (Å²) in [6, 6.07) is 1.85. The number of aromatic amines is 1. The van der Waals surface area contributed by atoms with Gasteiger partial charge in [-0.15, -0.1) is 0 Å². The standard InChI is InChI=1S/C17H20N4O4/c1-8-4-9(2)20-14-12-10(8)5-21(15(12)19-7-18-14)16-17(3,24)13(23)11(6-22)25-16/h4-5,7,11,13,16,22-24H,2,6H2,1,3H3,(H,18,19,20)/t11-,13-,16-,17-/m1/s1/i7T.